The maximum atomic E-state index is 12.5. The van der Waals surface area contributed by atoms with Crippen molar-refractivity contribution in [1.29, 1.82) is 0 Å². The van der Waals surface area contributed by atoms with Gasteiger partial charge in [-0.1, -0.05) is 41.3 Å². The summed E-state index contributed by atoms with van der Waals surface area (Å²) in [7, 11) is -1.37. The maximum Gasteiger partial charge on any atom is 0.179 e. The lowest BCUT2D eigenvalue weighted by atomic mass is 9.84. The second-order valence-corrected chi connectivity index (χ2v) is 8.48. The average molecular weight is 360 g/mol. The second-order valence-electron chi connectivity index (χ2n) is 5.53. The van der Waals surface area contributed by atoms with Crippen molar-refractivity contribution in [2.75, 3.05) is 12.8 Å². The van der Waals surface area contributed by atoms with Crippen LogP contribution in [0.15, 0.2) is 33.6 Å². The summed E-state index contributed by atoms with van der Waals surface area (Å²) in [6.07, 6.45) is 6.00. The molecule has 0 spiro atoms. The number of hydrogen-bond donors (Lipinski definition) is 1. The molecule has 1 atom stereocenters. The van der Waals surface area contributed by atoms with E-state index in [9.17, 15) is 8.42 Å². The molecule has 0 heterocycles. The van der Waals surface area contributed by atoms with Crippen molar-refractivity contribution in [1.82, 2.24) is 5.32 Å². The van der Waals surface area contributed by atoms with Crippen LogP contribution < -0.4 is 5.32 Å². The summed E-state index contributed by atoms with van der Waals surface area (Å²) < 4.78 is 25.9. The SMILES string of the molecule is CNC(CS(=O)(=O)c1cccc(Br)c1)C1CCCCC1. The van der Waals surface area contributed by atoms with Gasteiger partial charge >= 0.3 is 0 Å². The molecule has 0 aliphatic heterocycles. The fourth-order valence-electron chi connectivity index (χ4n) is 2.98. The van der Waals surface area contributed by atoms with E-state index in [0.717, 1.165) is 17.3 Å². The number of benzene rings is 1. The van der Waals surface area contributed by atoms with Gasteiger partial charge in [-0.2, -0.15) is 0 Å². The molecule has 1 saturated carbocycles. The molecule has 1 aromatic carbocycles. The molecule has 112 valence electrons. The van der Waals surface area contributed by atoms with Gasteiger partial charge in [-0.25, -0.2) is 8.42 Å². The molecule has 3 nitrogen and oxygen atoms in total. The molecule has 1 aliphatic rings. The average Bonchev–Trinajstić information content (AvgIpc) is 2.46. The van der Waals surface area contributed by atoms with Gasteiger partial charge in [0.05, 0.1) is 10.6 Å². The lowest BCUT2D eigenvalue weighted by molar-refractivity contribution is 0.292. The fraction of sp³-hybridized carbons (Fsp3) is 0.600. The zero-order valence-electron chi connectivity index (χ0n) is 11.8. The standard InChI is InChI=1S/C15H22BrNO2S/c1-17-15(12-6-3-2-4-7-12)11-20(18,19)14-9-5-8-13(16)10-14/h5,8-10,12,15,17H,2-4,6-7,11H2,1H3. The highest BCUT2D eigenvalue weighted by Crippen LogP contribution is 2.28. The van der Waals surface area contributed by atoms with E-state index < -0.39 is 9.84 Å². The molecule has 20 heavy (non-hydrogen) atoms. The molecule has 0 aromatic heterocycles. The first-order valence-corrected chi connectivity index (χ1v) is 9.63. The van der Waals surface area contributed by atoms with Crippen molar-refractivity contribution in [3.05, 3.63) is 28.7 Å². The number of sulfone groups is 1. The summed E-state index contributed by atoms with van der Waals surface area (Å²) in [6.45, 7) is 0. The van der Waals surface area contributed by atoms with Gasteiger partial charge in [0.15, 0.2) is 9.84 Å². The predicted molar refractivity (Wildman–Crippen MR) is 85.6 cm³/mol. The lowest BCUT2D eigenvalue weighted by Crippen LogP contribution is -2.40. The van der Waals surface area contributed by atoms with Gasteiger partial charge in [-0.05, 0) is 44.0 Å². The maximum absolute atomic E-state index is 12.5. The Hall–Kier alpha value is -0.390. The molecule has 0 amide bonds. The summed E-state index contributed by atoms with van der Waals surface area (Å²) in [5.41, 5.74) is 0. The molecule has 0 saturated heterocycles. The zero-order chi connectivity index (χ0) is 14.6. The third-order valence-corrected chi connectivity index (χ3v) is 6.41. The first-order chi connectivity index (χ1) is 9.53. The monoisotopic (exact) mass is 359 g/mol. The summed E-state index contributed by atoms with van der Waals surface area (Å²) in [5.74, 6) is 0.667. The largest absolute Gasteiger partial charge is 0.316 e. The van der Waals surface area contributed by atoms with Gasteiger partial charge in [-0.15, -0.1) is 0 Å². The van der Waals surface area contributed by atoms with E-state index >= 15 is 0 Å². The summed E-state index contributed by atoms with van der Waals surface area (Å²) in [5, 5.41) is 3.22. The van der Waals surface area contributed by atoms with Crippen LogP contribution in [0.2, 0.25) is 0 Å². The van der Waals surface area contributed by atoms with Crippen molar-refractivity contribution in [2.24, 2.45) is 5.92 Å². The normalized spacial score (nSPS) is 18.9. The molecule has 1 aromatic rings. The Balaban J connectivity index is 2.13. The Morgan fingerprint density at radius 1 is 1.30 bits per heavy atom. The summed E-state index contributed by atoms with van der Waals surface area (Å²) >= 11 is 3.33. The van der Waals surface area contributed by atoms with Crippen molar-refractivity contribution in [3.8, 4) is 0 Å². The van der Waals surface area contributed by atoms with Crippen LogP contribution in [0.1, 0.15) is 32.1 Å². The van der Waals surface area contributed by atoms with E-state index in [4.69, 9.17) is 0 Å². The minimum Gasteiger partial charge on any atom is -0.316 e. The van der Waals surface area contributed by atoms with E-state index in [1.54, 1.807) is 18.2 Å². The Morgan fingerprint density at radius 2 is 2.00 bits per heavy atom. The second kappa shape index (κ2) is 7.05. The van der Waals surface area contributed by atoms with Crippen LogP contribution in [0.25, 0.3) is 0 Å². The molecular formula is C15H22BrNO2S. The van der Waals surface area contributed by atoms with E-state index in [1.165, 1.54) is 19.3 Å². The quantitative estimate of drug-likeness (QED) is 0.876. The van der Waals surface area contributed by atoms with Crippen molar-refractivity contribution < 1.29 is 8.42 Å². The molecule has 2 rings (SSSR count). The predicted octanol–water partition coefficient (Wildman–Crippen LogP) is 3.39. The molecular weight excluding hydrogens is 338 g/mol. The highest BCUT2D eigenvalue weighted by Gasteiger charge is 2.28. The van der Waals surface area contributed by atoms with Crippen LogP contribution in [0.3, 0.4) is 0 Å². The van der Waals surface area contributed by atoms with Crippen LogP contribution in [0, 0.1) is 5.92 Å². The molecule has 1 fully saturated rings. The van der Waals surface area contributed by atoms with Crippen molar-refractivity contribution >= 4 is 25.8 Å². The van der Waals surface area contributed by atoms with E-state index in [0.29, 0.717) is 10.8 Å². The smallest absolute Gasteiger partial charge is 0.179 e. The van der Waals surface area contributed by atoms with Crippen LogP contribution >= 0.6 is 15.9 Å². The number of hydrogen-bond acceptors (Lipinski definition) is 3. The first kappa shape index (κ1) is 16.0. The third kappa shape index (κ3) is 4.06. The molecule has 5 heteroatoms. The highest BCUT2D eigenvalue weighted by molar-refractivity contribution is 9.10. The van der Waals surface area contributed by atoms with Crippen LogP contribution in [0.4, 0.5) is 0 Å². The Labute approximate surface area is 130 Å². The van der Waals surface area contributed by atoms with Gasteiger partial charge in [-0.3, -0.25) is 0 Å². The van der Waals surface area contributed by atoms with Crippen LogP contribution in [0.5, 0.6) is 0 Å². The van der Waals surface area contributed by atoms with E-state index in [1.807, 2.05) is 13.1 Å². The van der Waals surface area contributed by atoms with Gasteiger partial charge in [0, 0.05) is 10.5 Å². The Bertz CT molecular complexity index is 539. The van der Waals surface area contributed by atoms with Crippen molar-refractivity contribution in [3.63, 3.8) is 0 Å². The van der Waals surface area contributed by atoms with Gasteiger partial charge in [0.1, 0.15) is 0 Å². The van der Waals surface area contributed by atoms with Crippen LogP contribution in [-0.4, -0.2) is 27.3 Å². The Kier molecular flexibility index (Phi) is 5.64. The van der Waals surface area contributed by atoms with Gasteiger partial charge < -0.3 is 5.32 Å². The van der Waals surface area contributed by atoms with Gasteiger partial charge in [0.25, 0.3) is 0 Å². The number of rotatable bonds is 5. The molecule has 1 aliphatic carbocycles. The zero-order valence-corrected chi connectivity index (χ0v) is 14.2. The number of halogens is 1. The molecule has 1 N–H and O–H groups in total. The molecule has 1 unspecified atom stereocenters. The first-order valence-electron chi connectivity index (χ1n) is 7.18. The topological polar surface area (TPSA) is 46.2 Å². The molecule has 0 radical (unpaired) electrons. The van der Waals surface area contributed by atoms with Crippen LogP contribution in [-0.2, 0) is 9.84 Å². The van der Waals surface area contributed by atoms with E-state index in [-0.39, 0.29) is 11.8 Å². The van der Waals surface area contributed by atoms with E-state index in [2.05, 4.69) is 21.2 Å². The minimum absolute atomic E-state index is 0.0549. The minimum atomic E-state index is -3.24. The fourth-order valence-corrected chi connectivity index (χ4v) is 5.23. The highest BCUT2D eigenvalue weighted by atomic mass is 79.9. The summed E-state index contributed by atoms with van der Waals surface area (Å²) in [6, 6.07) is 7.03. The van der Waals surface area contributed by atoms with Gasteiger partial charge in [0.2, 0.25) is 0 Å². The third-order valence-electron chi connectivity index (χ3n) is 4.14. The van der Waals surface area contributed by atoms with Crippen molar-refractivity contribution in [2.45, 2.75) is 43.0 Å². The molecule has 0 bridgehead atoms. The Morgan fingerprint density at radius 3 is 2.60 bits per heavy atom. The summed E-state index contributed by atoms with van der Waals surface area (Å²) in [4.78, 5) is 0.405. The lowest BCUT2D eigenvalue weighted by Gasteiger charge is -2.29. The number of nitrogens with one attached hydrogen (secondary N) is 1.